The predicted octanol–water partition coefficient (Wildman–Crippen LogP) is 1.69. The number of nitrogens with two attached hydrogens (primary N) is 1. The van der Waals surface area contributed by atoms with E-state index in [1.807, 2.05) is 0 Å². The smallest absolute Gasteiger partial charge is 0.363 e. The molecule has 0 bridgehead atoms. The zero-order valence-electron chi connectivity index (χ0n) is 11.7. The minimum absolute atomic E-state index is 0.168. The third-order valence-corrected chi connectivity index (χ3v) is 3.57. The molecule has 0 aromatic heterocycles. The van der Waals surface area contributed by atoms with E-state index >= 15 is 0 Å². The van der Waals surface area contributed by atoms with Crippen LogP contribution in [-0.2, 0) is 4.84 Å². The first kappa shape index (κ1) is 14.9. The normalized spacial score (nSPS) is 13.0. The molecule has 2 aromatic rings. The van der Waals surface area contributed by atoms with Crippen molar-refractivity contribution in [2.75, 3.05) is 0 Å². The molecule has 1 aliphatic rings. The Morgan fingerprint density at radius 1 is 0.913 bits per heavy atom. The Labute approximate surface area is 136 Å². The van der Waals surface area contributed by atoms with Gasteiger partial charge in [0.2, 0.25) is 0 Å². The molecule has 0 saturated heterocycles. The average molecular weight is 326 g/mol. The van der Waals surface area contributed by atoms with Gasteiger partial charge in [-0.2, -0.15) is 0 Å². The van der Waals surface area contributed by atoms with Crippen LogP contribution in [0.5, 0.6) is 0 Å². The van der Waals surface area contributed by atoms with Crippen LogP contribution in [0.25, 0.3) is 0 Å². The quantitative estimate of drug-likeness (QED) is 0.682. The van der Waals surface area contributed by atoms with Gasteiger partial charge < -0.3 is 10.6 Å². The number of carbonyl (C=O) groups excluding carboxylic acids is 3. The van der Waals surface area contributed by atoms with Crippen LogP contribution in [0.3, 0.4) is 0 Å². The molecule has 2 aromatic carbocycles. The molecule has 1 heterocycles. The molecule has 0 spiro atoms. The molecule has 7 heteroatoms. The summed E-state index contributed by atoms with van der Waals surface area (Å²) in [4.78, 5) is 41.5. The van der Waals surface area contributed by atoms with Gasteiger partial charge in [0.1, 0.15) is 4.99 Å². The van der Waals surface area contributed by atoms with E-state index in [0.717, 1.165) is 0 Å². The van der Waals surface area contributed by atoms with Gasteiger partial charge in [-0.25, -0.2) is 4.79 Å². The van der Waals surface area contributed by atoms with E-state index in [9.17, 15) is 14.4 Å². The number of fused-ring (bicyclic) bond motifs is 1. The second-order valence-corrected chi connectivity index (χ2v) is 5.21. The summed E-state index contributed by atoms with van der Waals surface area (Å²) in [5.41, 5.74) is 6.64. The molecule has 0 atom stereocenters. The molecular weight excluding hydrogens is 316 g/mol. The van der Waals surface area contributed by atoms with Crippen molar-refractivity contribution in [2.45, 2.75) is 0 Å². The van der Waals surface area contributed by atoms with E-state index in [0.29, 0.717) is 10.6 Å². The van der Waals surface area contributed by atoms with Crippen LogP contribution in [0, 0.1) is 0 Å². The van der Waals surface area contributed by atoms with Crippen LogP contribution in [0.1, 0.15) is 36.6 Å². The molecule has 0 radical (unpaired) electrons. The van der Waals surface area contributed by atoms with E-state index in [1.165, 1.54) is 24.3 Å². The summed E-state index contributed by atoms with van der Waals surface area (Å²) in [6.45, 7) is 0. The molecule has 6 nitrogen and oxygen atoms in total. The van der Waals surface area contributed by atoms with Crippen molar-refractivity contribution in [3.8, 4) is 0 Å². The molecule has 0 aliphatic carbocycles. The fourth-order valence-electron chi connectivity index (χ4n) is 2.16. The number of rotatable bonds is 3. The fourth-order valence-corrected chi connectivity index (χ4v) is 2.29. The number of carbonyl (C=O) groups is 3. The predicted molar refractivity (Wildman–Crippen MR) is 84.7 cm³/mol. The number of hydroxylamine groups is 2. The Balaban J connectivity index is 1.80. The Morgan fingerprint density at radius 3 is 1.87 bits per heavy atom. The van der Waals surface area contributed by atoms with Crippen LogP contribution in [-0.4, -0.2) is 27.8 Å². The topological polar surface area (TPSA) is 89.7 Å². The van der Waals surface area contributed by atoms with Crippen molar-refractivity contribution in [3.63, 3.8) is 0 Å². The molecular formula is C16H10N2O4S. The molecule has 2 amide bonds. The van der Waals surface area contributed by atoms with Gasteiger partial charge >= 0.3 is 5.97 Å². The molecule has 114 valence electrons. The summed E-state index contributed by atoms with van der Waals surface area (Å²) in [5, 5.41) is 0.467. The molecule has 0 saturated carbocycles. The maximum atomic E-state index is 12.1. The van der Waals surface area contributed by atoms with E-state index in [1.54, 1.807) is 24.3 Å². The van der Waals surface area contributed by atoms with Crippen LogP contribution in [0.2, 0.25) is 0 Å². The van der Waals surface area contributed by atoms with Crippen LogP contribution in [0.4, 0.5) is 0 Å². The van der Waals surface area contributed by atoms with E-state index in [-0.39, 0.29) is 21.7 Å². The van der Waals surface area contributed by atoms with Crippen molar-refractivity contribution in [1.82, 2.24) is 5.06 Å². The number of hydrogen-bond acceptors (Lipinski definition) is 5. The zero-order valence-corrected chi connectivity index (χ0v) is 12.5. The van der Waals surface area contributed by atoms with Crippen molar-refractivity contribution in [1.29, 1.82) is 0 Å². The Morgan fingerprint density at radius 2 is 1.39 bits per heavy atom. The van der Waals surface area contributed by atoms with Gasteiger partial charge in [-0.05, 0) is 24.3 Å². The summed E-state index contributed by atoms with van der Waals surface area (Å²) >= 11 is 4.82. The Kier molecular flexibility index (Phi) is 3.63. The molecule has 0 unspecified atom stereocenters. The highest BCUT2D eigenvalue weighted by Crippen LogP contribution is 2.23. The molecule has 23 heavy (non-hydrogen) atoms. The molecule has 1 aliphatic heterocycles. The third-order valence-electron chi connectivity index (χ3n) is 3.34. The lowest BCUT2D eigenvalue weighted by atomic mass is 10.1. The van der Waals surface area contributed by atoms with E-state index < -0.39 is 17.8 Å². The van der Waals surface area contributed by atoms with Gasteiger partial charge in [0.25, 0.3) is 11.8 Å². The first-order chi connectivity index (χ1) is 11.0. The Bertz CT molecular complexity index is 810. The number of nitrogens with zero attached hydrogens (tertiary/aromatic N) is 1. The highest BCUT2D eigenvalue weighted by atomic mass is 32.1. The molecule has 0 fully saturated rings. The van der Waals surface area contributed by atoms with Crippen molar-refractivity contribution < 1.29 is 19.2 Å². The maximum absolute atomic E-state index is 12.1. The van der Waals surface area contributed by atoms with Gasteiger partial charge in [-0.1, -0.05) is 41.5 Å². The van der Waals surface area contributed by atoms with Gasteiger partial charge in [0.05, 0.1) is 16.7 Å². The summed E-state index contributed by atoms with van der Waals surface area (Å²) in [5.74, 6) is -2.16. The highest BCUT2D eigenvalue weighted by Gasteiger charge is 2.38. The zero-order chi connectivity index (χ0) is 16.6. The van der Waals surface area contributed by atoms with E-state index in [2.05, 4.69) is 0 Å². The fraction of sp³-hybridized carbons (Fsp3) is 0. The lowest BCUT2D eigenvalue weighted by molar-refractivity contribution is -0.0584. The maximum Gasteiger partial charge on any atom is 0.363 e. The summed E-state index contributed by atoms with van der Waals surface area (Å²) in [6, 6.07) is 12.3. The standard InChI is InChI=1S/C16H10N2O4S/c17-13(23)9-5-7-10(8-6-9)16(21)22-18-14(19)11-3-1-2-4-12(11)15(18)20/h1-8H,(H2,17,23). The summed E-state index contributed by atoms with van der Waals surface area (Å²) < 4.78 is 0. The first-order valence-electron chi connectivity index (χ1n) is 6.59. The second-order valence-electron chi connectivity index (χ2n) is 4.77. The summed E-state index contributed by atoms with van der Waals surface area (Å²) in [6.07, 6.45) is 0. The van der Waals surface area contributed by atoms with Gasteiger partial charge in [-0.3, -0.25) is 9.59 Å². The lowest BCUT2D eigenvalue weighted by Crippen LogP contribution is -2.32. The third kappa shape index (κ3) is 2.58. The van der Waals surface area contributed by atoms with Crippen LogP contribution < -0.4 is 5.73 Å². The number of benzene rings is 2. The number of amides is 2. The number of imide groups is 1. The summed E-state index contributed by atoms with van der Waals surface area (Å²) in [7, 11) is 0. The minimum Gasteiger partial charge on any atom is -0.389 e. The van der Waals surface area contributed by atoms with Crippen molar-refractivity contribution >= 4 is 35.0 Å². The monoisotopic (exact) mass is 326 g/mol. The van der Waals surface area contributed by atoms with Crippen molar-refractivity contribution in [2.24, 2.45) is 5.73 Å². The average Bonchev–Trinajstić information content (AvgIpc) is 2.80. The highest BCUT2D eigenvalue weighted by molar-refractivity contribution is 7.80. The molecule has 2 N–H and O–H groups in total. The SMILES string of the molecule is NC(=S)c1ccc(C(=O)ON2C(=O)c3ccccc3C2=O)cc1. The van der Waals surface area contributed by atoms with E-state index in [4.69, 9.17) is 22.8 Å². The minimum atomic E-state index is -0.825. The second kappa shape index (κ2) is 5.62. The lowest BCUT2D eigenvalue weighted by Gasteiger charge is -2.12. The first-order valence-corrected chi connectivity index (χ1v) is 7.00. The number of thiocarbonyl (C=S) groups is 1. The van der Waals surface area contributed by atoms with Crippen LogP contribution >= 0.6 is 12.2 Å². The van der Waals surface area contributed by atoms with Gasteiger partial charge in [-0.15, -0.1) is 0 Å². The Hall–Kier alpha value is -3.06. The van der Waals surface area contributed by atoms with Crippen molar-refractivity contribution in [3.05, 3.63) is 70.8 Å². The van der Waals surface area contributed by atoms with Gasteiger partial charge in [0, 0.05) is 5.56 Å². The van der Waals surface area contributed by atoms with Crippen LogP contribution in [0.15, 0.2) is 48.5 Å². The largest absolute Gasteiger partial charge is 0.389 e. The number of hydrogen-bond donors (Lipinski definition) is 1. The molecule has 3 rings (SSSR count). The van der Waals surface area contributed by atoms with Gasteiger partial charge in [0.15, 0.2) is 0 Å².